The quantitative estimate of drug-likeness (QED) is 0.869. The first-order valence-electron chi connectivity index (χ1n) is 7.34. The van der Waals surface area contributed by atoms with Crippen molar-refractivity contribution in [1.82, 2.24) is 4.31 Å². The van der Waals surface area contributed by atoms with Gasteiger partial charge >= 0.3 is 0 Å². The molecular weight excluding hydrogens is 309 g/mol. The van der Waals surface area contributed by atoms with Crippen LogP contribution < -0.4 is 0 Å². The molecule has 2 aromatic rings. The van der Waals surface area contributed by atoms with Crippen LogP contribution in [0.3, 0.4) is 0 Å². The van der Waals surface area contributed by atoms with Crippen LogP contribution in [0.2, 0.25) is 0 Å². The van der Waals surface area contributed by atoms with Crippen LogP contribution in [0, 0.1) is 11.7 Å². The van der Waals surface area contributed by atoms with Gasteiger partial charge in [0.05, 0.1) is 19.3 Å². The van der Waals surface area contributed by atoms with Crippen LogP contribution in [-0.2, 0) is 14.8 Å². The minimum Gasteiger partial charge on any atom is -0.443 e. The molecule has 1 aromatic heterocycles. The Hall–Kier alpha value is -1.44. The zero-order valence-corrected chi connectivity index (χ0v) is 12.7. The van der Waals surface area contributed by atoms with Crippen LogP contribution in [0.4, 0.5) is 4.39 Å². The summed E-state index contributed by atoms with van der Waals surface area (Å²) in [5.41, 5.74) is 0.371. The third-order valence-electron chi connectivity index (χ3n) is 4.30. The third kappa shape index (κ3) is 2.33. The first-order chi connectivity index (χ1) is 10.6. The van der Waals surface area contributed by atoms with Gasteiger partial charge in [-0.2, -0.15) is 4.31 Å². The molecule has 5 nitrogen and oxygen atoms in total. The topological polar surface area (TPSA) is 59.8 Å². The molecule has 2 aliphatic rings. The van der Waals surface area contributed by atoms with Gasteiger partial charge in [0.15, 0.2) is 0 Å². The Morgan fingerprint density at radius 2 is 2.05 bits per heavy atom. The van der Waals surface area contributed by atoms with Gasteiger partial charge in [0, 0.05) is 18.0 Å². The molecule has 1 aliphatic carbocycles. The highest BCUT2D eigenvalue weighted by molar-refractivity contribution is 7.89. The number of rotatable bonds is 3. The van der Waals surface area contributed by atoms with Crippen LogP contribution >= 0.6 is 0 Å². The lowest BCUT2D eigenvalue weighted by Crippen LogP contribution is -2.49. The average Bonchev–Trinajstić information content (AvgIpc) is 3.26. The molecule has 0 bridgehead atoms. The molecule has 1 atom stereocenters. The maximum absolute atomic E-state index is 13.3. The lowest BCUT2D eigenvalue weighted by molar-refractivity contribution is 0.0241. The zero-order valence-electron chi connectivity index (χ0n) is 11.9. The number of fused-ring (bicyclic) bond motifs is 1. The summed E-state index contributed by atoms with van der Waals surface area (Å²) in [6, 6.07) is 5.25. The van der Waals surface area contributed by atoms with E-state index in [1.807, 2.05) is 0 Å². The van der Waals surface area contributed by atoms with E-state index in [9.17, 15) is 12.8 Å². The first kappa shape index (κ1) is 14.2. The Morgan fingerprint density at radius 3 is 2.82 bits per heavy atom. The van der Waals surface area contributed by atoms with E-state index in [1.54, 1.807) is 0 Å². The molecule has 118 valence electrons. The van der Waals surface area contributed by atoms with Gasteiger partial charge in [0.25, 0.3) is 10.0 Å². The summed E-state index contributed by atoms with van der Waals surface area (Å²) in [5, 5.41) is 0.329. The minimum atomic E-state index is -3.73. The molecule has 0 amide bonds. The number of halogens is 1. The highest BCUT2D eigenvalue weighted by Gasteiger charge is 2.43. The number of morpholine rings is 1. The fraction of sp³-hybridized carbons (Fsp3) is 0.467. The number of furan rings is 1. The van der Waals surface area contributed by atoms with Gasteiger partial charge in [-0.3, -0.25) is 0 Å². The van der Waals surface area contributed by atoms with Crippen molar-refractivity contribution >= 4 is 21.0 Å². The molecule has 4 rings (SSSR count). The SMILES string of the molecule is O=S(=O)(c1cc2cc(F)ccc2o1)N1CCOCC1C1CC1. The number of hydrogen-bond acceptors (Lipinski definition) is 4. The van der Waals surface area contributed by atoms with Crippen molar-refractivity contribution in [2.24, 2.45) is 5.92 Å². The van der Waals surface area contributed by atoms with Gasteiger partial charge in [-0.1, -0.05) is 0 Å². The van der Waals surface area contributed by atoms with Gasteiger partial charge < -0.3 is 9.15 Å². The summed E-state index contributed by atoms with van der Waals surface area (Å²) in [4.78, 5) is 0. The fourth-order valence-electron chi connectivity index (χ4n) is 2.99. The predicted molar refractivity (Wildman–Crippen MR) is 77.4 cm³/mol. The normalized spacial score (nSPS) is 24.0. The Kier molecular flexibility index (Phi) is 3.25. The molecule has 7 heteroatoms. The summed E-state index contributed by atoms with van der Waals surface area (Å²) in [6.45, 7) is 1.14. The molecule has 0 N–H and O–H groups in total. The largest absolute Gasteiger partial charge is 0.443 e. The molecule has 2 heterocycles. The van der Waals surface area contributed by atoms with Crippen molar-refractivity contribution in [3.05, 3.63) is 30.1 Å². The molecule has 1 saturated carbocycles. The highest BCUT2D eigenvalue weighted by Crippen LogP contribution is 2.39. The minimum absolute atomic E-state index is 0.122. The van der Waals surface area contributed by atoms with Crippen LogP contribution in [0.25, 0.3) is 11.0 Å². The summed E-state index contributed by atoms with van der Waals surface area (Å²) >= 11 is 0. The van der Waals surface area contributed by atoms with Gasteiger partial charge in [-0.15, -0.1) is 0 Å². The van der Waals surface area contributed by atoms with Gasteiger partial charge in [0.2, 0.25) is 5.09 Å². The van der Waals surface area contributed by atoms with Crippen LogP contribution in [0.15, 0.2) is 33.8 Å². The van der Waals surface area contributed by atoms with Crippen molar-refractivity contribution in [3.63, 3.8) is 0 Å². The van der Waals surface area contributed by atoms with E-state index in [0.717, 1.165) is 12.8 Å². The first-order valence-corrected chi connectivity index (χ1v) is 8.78. The Bertz CT molecular complexity index is 812. The van der Waals surface area contributed by atoms with E-state index in [0.29, 0.717) is 36.6 Å². The smallest absolute Gasteiger partial charge is 0.276 e. The summed E-state index contributed by atoms with van der Waals surface area (Å²) in [5.74, 6) is -0.0450. The molecule has 22 heavy (non-hydrogen) atoms. The van der Waals surface area contributed by atoms with Gasteiger partial charge in [0.1, 0.15) is 11.4 Å². The average molecular weight is 325 g/mol. The van der Waals surface area contributed by atoms with Crippen molar-refractivity contribution in [1.29, 1.82) is 0 Å². The number of hydrogen-bond donors (Lipinski definition) is 0. The molecule has 1 aliphatic heterocycles. The van der Waals surface area contributed by atoms with E-state index in [4.69, 9.17) is 9.15 Å². The van der Waals surface area contributed by atoms with Gasteiger partial charge in [-0.25, -0.2) is 12.8 Å². The predicted octanol–water partition coefficient (Wildman–Crippen LogP) is 2.37. The third-order valence-corrected chi connectivity index (χ3v) is 6.08. The maximum atomic E-state index is 13.3. The number of sulfonamides is 1. The maximum Gasteiger partial charge on any atom is 0.276 e. The molecule has 0 radical (unpaired) electrons. The Labute approximate surface area is 127 Å². The summed E-state index contributed by atoms with van der Waals surface area (Å²) < 4.78 is 51.4. The Balaban J connectivity index is 1.74. The van der Waals surface area contributed by atoms with Crippen molar-refractivity contribution in [2.45, 2.75) is 24.0 Å². The Morgan fingerprint density at radius 1 is 1.23 bits per heavy atom. The highest BCUT2D eigenvalue weighted by atomic mass is 32.2. The fourth-order valence-corrected chi connectivity index (χ4v) is 4.60. The van der Waals surface area contributed by atoms with Crippen LogP contribution in [0.1, 0.15) is 12.8 Å². The van der Waals surface area contributed by atoms with Crippen molar-refractivity contribution in [3.8, 4) is 0 Å². The van der Waals surface area contributed by atoms with Crippen LogP contribution in [-0.4, -0.2) is 38.5 Å². The van der Waals surface area contributed by atoms with E-state index < -0.39 is 15.8 Å². The lowest BCUT2D eigenvalue weighted by Gasteiger charge is -2.33. The van der Waals surface area contributed by atoms with E-state index in [1.165, 1.54) is 28.6 Å². The van der Waals surface area contributed by atoms with Crippen molar-refractivity contribution in [2.75, 3.05) is 19.8 Å². The second-order valence-corrected chi connectivity index (χ2v) is 7.66. The van der Waals surface area contributed by atoms with E-state index >= 15 is 0 Å². The van der Waals surface area contributed by atoms with Gasteiger partial charge in [-0.05, 0) is 37.0 Å². The summed E-state index contributed by atoms with van der Waals surface area (Å²) in [6.07, 6.45) is 2.07. The number of benzene rings is 1. The monoisotopic (exact) mass is 325 g/mol. The molecule has 2 fully saturated rings. The standard InChI is InChI=1S/C15H16FNO4S/c16-12-3-4-14-11(7-12)8-15(21-14)22(18,19)17-5-6-20-9-13(17)10-1-2-10/h3-4,7-8,10,13H,1-2,5-6,9H2. The molecule has 1 aromatic carbocycles. The second kappa shape index (κ2) is 5.04. The van der Waals surface area contributed by atoms with Crippen LogP contribution in [0.5, 0.6) is 0 Å². The lowest BCUT2D eigenvalue weighted by atomic mass is 10.2. The second-order valence-electron chi connectivity index (χ2n) is 5.84. The molecule has 1 unspecified atom stereocenters. The molecular formula is C15H16FNO4S. The zero-order chi connectivity index (χ0) is 15.3. The van der Waals surface area contributed by atoms with Crippen molar-refractivity contribution < 1.29 is 22.0 Å². The molecule has 1 saturated heterocycles. The number of ether oxygens (including phenoxy) is 1. The number of nitrogens with zero attached hydrogens (tertiary/aromatic N) is 1. The summed E-state index contributed by atoms with van der Waals surface area (Å²) in [7, 11) is -3.73. The molecule has 0 spiro atoms. The van der Waals surface area contributed by atoms with E-state index in [2.05, 4.69) is 0 Å². The van der Waals surface area contributed by atoms with E-state index in [-0.39, 0.29) is 11.1 Å².